The minimum absolute atomic E-state index is 0.0250. The fraction of sp³-hybridized carbons (Fsp3) is 0.417. The molecule has 0 aromatic rings. The standard InChI is InChI=1S/C12H18N2O/c1-6-8-9(7-2)14-11(15)10(13-8)12(3,4)5/h6-7,10,13H,1-2H2,3-5H3,(H,14,15). The molecule has 2 N–H and O–H groups in total. The lowest BCUT2D eigenvalue weighted by molar-refractivity contribution is -0.125. The van der Waals surface area contributed by atoms with Crippen molar-refractivity contribution in [3.05, 3.63) is 36.7 Å². The summed E-state index contributed by atoms with van der Waals surface area (Å²) in [6.07, 6.45) is 3.30. The molecule has 0 aromatic heterocycles. The van der Waals surface area contributed by atoms with Crippen LogP contribution in [-0.4, -0.2) is 11.9 Å². The van der Waals surface area contributed by atoms with Crippen LogP contribution in [0.2, 0.25) is 0 Å². The van der Waals surface area contributed by atoms with Gasteiger partial charge >= 0.3 is 0 Å². The molecule has 1 amide bonds. The van der Waals surface area contributed by atoms with Crippen molar-refractivity contribution >= 4 is 5.91 Å². The second-order valence-corrected chi connectivity index (χ2v) is 4.67. The quantitative estimate of drug-likeness (QED) is 0.722. The van der Waals surface area contributed by atoms with Gasteiger partial charge in [-0.15, -0.1) is 0 Å². The molecule has 0 radical (unpaired) electrons. The van der Waals surface area contributed by atoms with Crippen LogP contribution in [0.4, 0.5) is 0 Å². The van der Waals surface area contributed by atoms with E-state index in [9.17, 15) is 4.79 Å². The normalized spacial score (nSPS) is 21.8. The van der Waals surface area contributed by atoms with Crippen molar-refractivity contribution in [1.82, 2.24) is 10.6 Å². The first-order valence-electron chi connectivity index (χ1n) is 4.96. The van der Waals surface area contributed by atoms with Gasteiger partial charge < -0.3 is 10.6 Å². The van der Waals surface area contributed by atoms with Crippen LogP contribution in [0.5, 0.6) is 0 Å². The number of hydrogen-bond donors (Lipinski definition) is 2. The van der Waals surface area contributed by atoms with Crippen LogP contribution in [0, 0.1) is 5.41 Å². The Balaban J connectivity index is 3.04. The Morgan fingerprint density at radius 1 is 1.20 bits per heavy atom. The topological polar surface area (TPSA) is 41.1 Å². The summed E-state index contributed by atoms with van der Waals surface area (Å²) in [6, 6.07) is -0.241. The van der Waals surface area contributed by atoms with E-state index in [2.05, 4.69) is 23.8 Å². The van der Waals surface area contributed by atoms with Crippen molar-refractivity contribution in [3.63, 3.8) is 0 Å². The van der Waals surface area contributed by atoms with Crippen molar-refractivity contribution in [2.24, 2.45) is 5.41 Å². The van der Waals surface area contributed by atoms with Crippen molar-refractivity contribution < 1.29 is 4.79 Å². The SMILES string of the molecule is C=CC1=C(C=C)NC(C(C)(C)C)C(=O)N1. The number of carbonyl (C=O) groups is 1. The second kappa shape index (κ2) is 3.93. The van der Waals surface area contributed by atoms with Gasteiger partial charge in [0.15, 0.2) is 0 Å². The number of carbonyl (C=O) groups excluding carboxylic acids is 1. The molecule has 1 aliphatic heterocycles. The molecule has 3 heteroatoms. The predicted octanol–water partition coefficient (Wildman–Crippen LogP) is 1.70. The van der Waals surface area contributed by atoms with Gasteiger partial charge in [0.1, 0.15) is 6.04 Å². The maximum absolute atomic E-state index is 11.8. The van der Waals surface area contributed by atoms with Gasteiger partial charge in [-0.3, -0.25) is 4.79 Å². The Morgan fingerprint density at radius 3 is 2.13 bits per heavy atom. The van der Waals surface area contributed by atoms with Crippen LogP contribution >= 0.6 is 0 Å². The minimum atomic E-state index is -0.241. The third kappa shape index (κ3) is 2.29. The van der Waals surface area contributed by atoms with Crippen LogP contribution in [0.3, 0.4) is 0 Å². The highest BCUT2D eigenvalue weighted by molar-refractivity contribution is 5.86. The van der Waals surface area contributed by atoms with Gasteiger partial charge in [0.2, 0.25) is 5.91 Å². The highest BCUT2D eigenvalue weighted by Crippen LogP contribution is 2.23. The fourth-order valence-corrected chi connectivity index (χ4v) is 1.51. The largest absolute Gasteiger partial charge is 0.372 e. The number of amides is 1. The maximum Gasteiger partial charge on any atom is 0.247 e. The van der Waals surface area contributed by atoms with Crippen LogP contribution in [0.25, 0.3) is 0 Å². The third-order valence-corrected chi connectivity index (χ3v) is 2.38. The van der Waals surface area contributed by atoms with E-state index in [-0.39, 0.29) is 17.4 Å². The van der Waals surface area contributed by atoms with Gasteiger partial charge in [-0.2, -0.15) is 0 Å². The highest BCUT2D eigenvalue weighted by Gasteiger charge is 2.34. The van der Waals surface area contributed by atoms with E-state index in [1.165, 1.54) is 0 Å². The number of nitrogens with one attached hydrogen (secondary N) is 2. The monoisotopic (exact) mass is 206 g/mol. The molecule has 1 unspecified atom stereocenters. The van der Waals surface area contributed by atoms with E-state index in [0.717, 1.165) is 5.70 Å². The summed E-state index contributed by atoms with van der Waals surface area (Å²) in [4.78, 5) is 11.8. The molecule has 15 heavy (non-hydrogen) atoms. The first-order chi connectivity index (χ1) is 6.90. The van der Waals surface area contributed by atoms with Gasteiger partial charge in [-0.1, -0.05) is 33.9 Å². The highest BCUT2D eigenvalue weighted by atomic mass is 16.2. The summed E-state index contributed by atoms with van der Waals surface area (Å²) in [5.74, 6) is -0.0250. The molecule has 0 spiro atoms. The molecule has 1 aliphatic rings. The number of allylic oxidation sites excluding steroid dienone is 2. The van der Waals surface area contributed by atoms with Crippen molar-refractivity contribution in [2.75, 3.05) is 0 Å². The van der Waals surface area contributed by atoms with Gasteiger partial charge in [-0.25, -0.2) is 0 Å². The average molecular weight is 206 g/mol. The lowest BCUT2D eigenvalue weighted by Gasteiger charge is -2.35. The fourth-order valence-electron chi connectivity index (χ4n) is 1.51. The summed E-state index contributed by atoms with van der Waals surface area (Å²) >= 11 is 0. The Hall–Kier alpha value is -1.51. The van der Waals surface area contributed by atoms with Crippen LogP contribution in [-0.2, 0) is 4.79 Å². The average Bonchev–Trinajstić information content (AvgIpc) is 2.15. The minimum Gasteiger partial charge on any atom is -0.372 e. The van der Waals surface area contributed by atoms with Crippen LogP contribution < -0.4 is 10.6 Å². The molecule has 1 rings (SSSR count). The van der Waals surface area contributed by atoms with Crippen molar-refractivity contribution in [2.45, 2.75) is 26.8 Å². The first-order valence-corrected chi connectivity index (χ1v) is 4.96. The molecule has 0 saturated heterocycles. The summed E-state index contributed by atoms with van der Waals surface area (Å²) < 4.78 is 0. The molecule has 82 valence electrons. The van der Waals surface area contributed by atoms with E-state index >= 15 is 0 Å². The Bertz CT molecular complexity index is 334. The Kier molecular flexibility index (Phi) is 3.03. The zero-order valence-corrected chi connectivity index (χ0v) is 9.55. The Labute approximate surface area is 90.9 Å². The summed E-state index contributed by atoms with van der Waals surface area (Å²) in [6.45, 7) is 13.4. The molecular formula is C12H18N2O. The van der Waals surface area contributed by atoms with Crippen molar-refractivity contribution in [3.8, 4) is 0 Å². The Morgan fingerprint density at radius 2 is 1.73 bits per heavy atom. The van der Waals surface area contributed by atoms with Crippen LogP contribution in [0.1, 0.15) is 20.8 Å². The molecule has 0 fully saturated rings. The number of hydrogen-bond acceptors (Lipinski definition) is 2. The molecule has 0 bridgehead atoms. The molecule has 1 atom stereocenters. The van der Waals surface area contributed by atoms with E-state index < -0.39 is 0 Å². The zero-order chi connectivity index (χ0) is 11.6. The molecule has 0 saturated carbocycles. The van der Waals surface area contributed by atoms with Gasteiger partial charge in [0.05, 0.1) is 11.4 Å². The second-order valence-electron chi connectivity index (χ2n) is 4.67. The van der Waals surface area contributed by atoms with Crippen molar-refractivity contribution in [1.29, 1.82) is 0 Å². The lowest BCUT2D eigenvalue weighted by atomic mass is 9.85. The zero-order valence-electron chi connectivity index (χ0n) is 9.55. The molecular weight excluding hydrogens is 188 g/mol. The smallest absolute Gasteiger partial charge is 0.247 e. The van der Waals surface area contributed by atoms with E-state index in [1.807, 2.05) is 20.8 Å². The van der Waals surface area contributed by atoms with E-state index in [0.29, 0.717) is 5.70 Å². The summed E-state index contributed by atoms with van der Waals surface area (Å²) in [7, 11) is 0. The van der Waals surface area contributed by atoms with E-state index in [1.54, 1.807) is 12.2 Å². The molecule has 1 heterocycles. The van der Waals surface area contributed by atoms with E-state index in [4.69, 9.17) is 0 Å². The van der Waals surface area contributed by atoms with Gasteiger partial charge in [0, 0.05) is 0 Å². The molecule has 0 aliphatic carbocycles. The first kappa shape index (κ1) is 11.6. The van der Waals surface area contributed by atoms with Gasteiger partial charge in [-0.05, 0) is 17.6 Å². The molecule has 0 aromatic carbocycles. The van der Waals surface area contributed by atoms with Crippen LogP contribution in [0.15, 0.2) is 36.7 Å². The summed E-state index contributed by atoms with van der Waals surface area (Å²) in [5.41, 5.74) is 1.38. The number of rotatable bonds is 2. The summed E-state index contributed by atoms with van der Waals surface area (Å²) in [5, 5.41) is 5.98. The lowest BCUT2D eigenvalue weighted by Crippen LogP contribution is -2.54. The third-order valence-electron chi connectivity index (χ3n) is 2.38. The van der Waals surface area contributed by atoms with Gasteiger partial charge in [0.25, 0.3) is 0 Å². The maximum atomic E-state index is 11.8. The predicted molar refractivity (Wildman–Crippen MR) is 61.9 cm³/mol. The molecule has 3 nitrogen and oxygen atoms in total.